The maximum Gasteiger partial charge on any atom is 0.193 e. The zero-order valence-corrected chi connectivity index (χ0v) is 19.3. The first-order valence-corrected chi connectivity index (χ1v) is 8.70. The van der Waals surface area contributed by atoms with Crippen LogP contribution in [0, 0.1) is 0 Å². The van der Waals surface area contributed by atoms with Gasteiger partial charge in [0.05, 0.1) is 20.8 Å². The summed E-state index contributed by atoms with van der Waals surface area (Å²) in [6, 6.07) is 13.7. The van der Waals surface area contributed by atoms with E-state index < -0.39 is 0 Å². The Bertz CT molecular complexity index is 766. The standard InChI is InChI=1S/C19H24BrN3O2.HI/c1-19(2,14-7-5-6-8-15(14)20)12-22-18(21)23-13-9-10-16(24-3)17(11-13)25-4;/h5-11H,12H2,1-4H3,(H3,21,22,23);1H. The van der Waals surface area contributed by atoms with Crippen molar-refractivity contribution in [1.82, 2.24) is 0 Å². The van der Waals surface area contributed by atoms with Gasteiger partial charge in [-0.1, -0.05) is 48.0 Å². The predicted octanol–water partition coefficient (Wildman–Crippen LogP) is 4.79. The van der Waals surface area contributed by atoms with Crippen LogP contribution < -0.4 is 20.5 Å². The van der Waals surface area contributed by atoms with Crippen LogP contribution in [0.4, 0.5) is 5.69 Å². The Morgan fingerprint density at radius 1 is 1.12 bits per heavy atom. The molecule has 0 unspecified atom stereocenters. The Kier molecular flexibility index (Phi) is 8.69. The second kappa shape index (κ2) is 10.0. The largest absolute Gasteiger partial charge is 0.493 e. The lowest BCUT2D eigenvalue weighted by Gasteiger charge is -2.24. The molecule has 0 aliphatic rings. The second-order valence-corrected chi connectivity index (χ2v) is 7.11. The minimum Gasteiger partial charge on any atom is -0.493 e. The zero-order chi connectivity index (χ0) is 18.4. The number of nitrogens with two attached hydrogens (primary N) is 1. The van der Waals surface area contributed by atoms with Crippen LogP contribution in [0.25, 0.3) is 0 Å². The Morgan fingerprint density at radius 3 is 2.38 bits per heavy atom. The fraction of sp³-hybridized carbons (Fsp3) is 0.316. The summed E-state index contributed by atoms with van der Waals surface area (Å²) < 4.78 is 11.6. The maximum atomic E-state index is 6.05. The number of halogens is 2. The molecule has 0 saturated carbocycles. The molecular formula is C19H25BrIN3O2. The number of hydrogen-bond donors (Lipinski definition) is 2. The molecule has 0 saturated heterocycles. The Labute approximate surface area is 180 Å². The second-order valence-electron chi connectivity index (χ2n) is 6.26. The van der Waals surface area contributed by atoms with Crippen molar-refractivity contribution in [1.29, 1.82) is 0 Å². The number of nitrogens with one attached hydrogen (secondary N) is 1. The highest BCUT2D eigenvalue weighted by Crippen LogP contribution is 2.31. The number of nitrogens with zero attached hydrogens (tertiary/aromatic N) is 1. The normalized spacial score (nSPS) is 11.5. The van der Waals surface area contributed by atoms with Crippen LogP contribution in [0.1, 0.15) is 19.4 Å². The Hall–Kier alpha value is -1.48. The van der Waals surface area contributed by atoms with Gasteiger partial charge in [0, 0.05) is 21.6 Å². The van der Waals surface area contributed by atoms with Gasteiger partial charge in [-0.2, -0.15) is 0 Å². The number of rotatable bonds is 6. The van der Waals surface area contributed by atoms with Crippen LogP contribution in [0.15, 0.2) is 51.9 Å². The topological polar surface area (TPSA) is 68.9 Å². The van der Waals surface area contributed by atoms with Crippen LogP contribution in [0.2, 0.25) is 0 Å². The van der Waals surface area contributed by atoms with Crippen molar-refractivity contribution in [2.45, 2.75) is 19.3 Å². The average Bonchev–Trinajstić information content (AvgIpc) is 2.60. The minimum atomic E-state index is -0.149. The SMILES string of the molecule is COc1ccc(NC(N)=NCC(C)(C)c2ccccc2Br)cc1OC.I. The number of benzene rings is 2. The molecule has 5 nitrogen and oxygen atoms in total. The van der Waals surface area contributed by atoms with Gasteiger partial charge >= 0.3 is 0 Å². The van der Waals surface area contributed by atoms with Crippen LogP contribution in [-0.2, 0) is 5.41 Å². The van der Waals surface area contributed by atoms with Crippen molar-refractivity contribution in [3.8, 4) is 11.5 Å². The van der Waals surface area contributed by atoms with E-state index in [1.165, 1.54) is 5.56 Å². The van der Waals surface area contributed by atoms with E-state index in [0.717, 1.165) is 10.2 Å². The van der Waals surface area contributed by atoms with Crippen LogP contribution in [0.3, 0.4) is 0 Å². The molecule has 0 bridgehead atoms. The summed E-state index contributed by atoms with van der Waals surface area (Å²) in [6.07, 6.45) is 0. The molecule has 2 aromatic carbocycles. The number of ether oxygens (including phenoxy) is 2. The zero-order valence-electron chi connectivity index (χ0n) is 15.4. The highest BCUT2D eigenvalue weighted by atomic mass is 127. The molecule has 0 radical (unpaired) electrons. The number of hydrogen-bond acceptors (Lipinski definition) is 3. The predicted molar refractivity (Wildman–Crippen MR) is 122 cm³/mol. The first-order valence-electron chi connectivity index (χ1n) is 7.91. The summed E-state index contributed by atoms with van der Waals surface area (Å²) in [5, 5.41) is 3.09. The van der Waals surface area contributed by atoms with Gasteiger partial charge in [0.2, 0.25) is 0 Å². The van der Waals surface area contributed by atoms with E-state index in [4.69, 9.17) is 15.2 Å². The van der Waals surface area contributed by atoms with Gasteiger partial charge in [-0.05, 0) is 23.8 Å². The number of methoxy groups -OCH3 is 2. The van der Waals surface area contributed by atoms with Crippen molar-refractivity contribution in [2.24, 2.45) is 10.7 Å². The van der Waals surface area contributed by atoms with Gasteiger partial charge in [0.15, 0.2) is 17.5 Å². The molecule has 0 spiro atoms. The monoisotopic (exact) mass is 533 g/mol. The maximum absolute atomic E-state index is 6.05. The smallest absolute Gasteiger partial charge is 0.193 e. The van der Waals surface area contributed by atoms with Gasteiger partial charge in [0.25, 0.3) is 0 Å². The molecule has 0 heterocycles. The molecule has 0 aliphatic heterocycles. The van der Waals surface area contributed by atoms with Crippen molar-refractivity contribution >= 4 is 51.6 Å². The highest BCUT2D eigenvalue weighted by molar-refractivity contribution is 14.0. The Morgan fingerprint density at radius 2 is 1.77 bits per heavy atom. The number of guanidine groups is 1. The van der Waals surface area contributed by atoms with Crippen molar-refractivity contribution in [2.75, 3.05) is 26.1 Å². The van der Waals surface area contributed by atoms with Crippen molar-refractivity contribution in [3.63, 3.8) is 0 Å². The summed E-state index contributed by atoms with van der Waals surface area (Å²) >= 11 is 3.60. The molecule has 0 atom stereocenters. The van der Waals surface area contributed by atoms with E-state index in [9.17, 15) is 0 Å². The van der Waals surface area contributed by atoms with Crippen molar-refractivity contribution < 1.29 is 9.47 Å². The average molecular weight is 534 g/mol. The van der Waals surface area contributed by atoms with Gasteiger partial charge in [-0.15, -0.1) is 24.0 Å². The third kappa shape index (κ3) is 5.77. The van der Waals surface area contributed by atoms with E-state index in [2.05, 4.69) is 46.2 Å². The molecule has 3 N–H and O–H groups in total. The van der Waals surface area contributed by atoms with Gasteiger partial charge in [-0.3, -0.25) is 4.99 Å². The van der Waals surface area contributed by atoms with Crippen molar-refractivity contribution in [3.05, 3.63) is 52.5 Å². The van der Waals surface area contributed by atoms with Gasteiger partial charge in [0.1, 0.15) is 0 Å². The summed E-state index contributed by atoms with van der Waals surface area (Å²) in [7, 11) is 3.20. The van der Waals surface area contributed by atoms with Crippen LogP contribution in [0.5, 0.6) is 11.5 Å². The van der Waals surface area contributed by atoms with Gasteiger partial charge < -0.3 is 20.5 Å². The molecule has 7 heteroatoms. The first-order chi connectivity index (χ1) is 11.9. The van der Waals surface area contributed by atoms with Crippen LogP contribution >= 0.6 is 39.9 Å². The number of anilines is 1. The lowest BCUT2D eigenvalue weighted by molar-refractivity contribution is 0.355. The van der Waals surface area contributed by atoms with Crippen LogP contribution in [-0.4, -0.2) is 26.7 Å². The summed E-state index contributed by atoms with van der Waals surface area (Å²) in [6.45, 7) is 4.84. The van der Waals surface area contributed by atoms with E-state index in [1.807, 2.05) is 36.4 Å². The fourth-order valence-electron chi connectivity index (χ4n) is 2.48. The molecule has 0 aromatic heterocycles. The lowest BCUT2D eigenvalue weighted by Crippen LogP contribution is -2.28. The number of aliphatic imine (C=N–C) groups is 1. The highest BCUT2D eigenvalue weighted by Gasteiger charge is 2.22. The molecule has 0 aliphatic carbocycles. The van der Waals surface area contributed by atoms with E-state index in [1.54, 1.807) is 14.2 Å². The minimum absolute atomic E-state index is 0. The quantitative estimate of drug-likeness (QED) is 0.318. The molecule has 142 valence electrons. The molecular weight excluding hydrogens is 509 g/mol. The first kappa shape index (κ1) is 22.6. The van der Waals surface area contributed by atoms with E-state index in [-0.39, 0.29) is 29.4 Å². The molecule has 2 rings (SSSR count). The molecule has 2 aromatic rings. The Balaban J connectivity index is 0.00000338. The van der Waals surface area contributed by atoms with Gasteiger partial charge in [-0.25, -0.2) is 0 Å². The molecule has 26 heavy (non-hydrogen) atoms. The molecule has 0 fully saturated rings. The summed E-state index contributed by atoms with van der Waals surface area (Å²) in [5.41, 5.74) is 7.88. The lowest BCUT2D eigenvalue weighted by atomic mass is 9.85. The summed E-state index contributed by atoms with van der Waals surface area (Å²) in [5.74, 6) is 1.65. The third-order valence-corrected chi connectivity index (χ3v) is 4.60. The van der Waals surface area contributed by atoms with E-state index in [0.29, 0.717) is 24.0 Å². The summed E-state index contributed by atoms with van der Waals surface area (Å²) in [4.78, 5) is 4.50. The molecule has 0 amide bonds. The third-order valence-electron chi connectivity index (χ3n) is 3.90. The van der Waals surface area contributed by atoms with E-state index >= 15 is 0 Å². The fourth-order valence-corrected chi connectivity index (χ4v) is 3.30.